The number of hydrogen-bond acceptors (Lipinski definition) is 3. The Hall–Kier alpha value is -1.26. The first kappa shape index (κ1) is 14.8. The van der Waals surface area contributed by atoms with Crippen molar-refractivity contribution in [2.24, 2.45) is 28.1 Å². The highest BCUT2D eigenvalue weighted by Gasteiger charge is 2.45. The topological polar surface area (TPSA) is 87.7 Å². The molecular weight excluding hydrogens is 230 g/mol. The Morgan fingerprint density at radius 1 is 1.50 bits per heavy atom. The molecule has 1 saturated carbocycles. The van der Waals surface area contributed by atoms with Gasteiger partial charge in [-0.15, -0.1) is 0 Å². The van der Waals surface area contributed by atoms with E-state index in [4.69, 9.17) is 10.9 Å². The lowest BCUT2D eigenvalue weighted by molar-refractivity contribution is -0.123. The van der Waals surface area contributed by atoms with E-state index in [1.165, 1.54) is 12.8 Å². The highest BCUT2D eigenvalue weighted by atomic mass is 16.4. The molecule has 18 heavy (non-hydrogen) atoms. The molecular formula is C13H25N3O2. The monoisotopic (exact) mass is 255 g/mol. The van der Waals surface area contributed by atoms with Crippen LogP contribution in [0.2, 0.25) is 0 Å². The lowest BCUT2D eigenvalue weighted by atomic mass is 9.92. The molecule has 5 nitrogen and oxygen atoms in total. The van der Waals surface area contributed by atoms with Gasteiger partial charge in [0.05, 0.1) is 5.92 Å². The van der Waals surface area contributed by atoms with E-state index in [0.29, 0.717) is 18.9 Å². The zero-order chi connectivity index (χ0) is 13.8. The Balaban J connectivity index is 2.52. The summed E-state index contributed by atoms with van der Waals surface area (Å²) in [5.74, 6) is -0.0583. The number of amidine groups is 1. The van der Waals surface area contributed by atoms with Crippen molar-refractivity contribution in [3.8, 4) is 0 Å². The average molecular weight is 255 g/mol. The highest BCUT2D eigenvalue weighted by Crippen LogP contribution is 2.51. The molecule has 1 aliphatic carbocycles. The number of carbonyl (C=O) groups is 1. The summed E-state index contributed by atoms with van der Waals surface area (Å²) in [7, 11) is 0. The van der Waals surface area contributed by atoms with Gasteiger partial charge in [0.1, 0.15) is 0 Å². The van der Waals surface area contributed by atoms with Gasteiger partial charge in [-0.3, -0.25) is 4.79 Å². The van der Waals surface area contributed by atoms with Crippen LogP contribution in [0.3, 0.4) is 0 Å². The Morgan fingerprint density at radius 3 is 2.50 bits per heavy atom. The summed E-state index contributed by atoms with van der Waals surface area (Å²) in [6.45, 7) is 7.04. The Morgan fingerprint density at radius 2 is 2.11 bits per heavy atom. The van der Waals surface area contributed by atoms with Gasteiger partial charge < -0.3 is 16.3 Å². The van der Waals surface area contributed by atoms with Crippen LogP contribution < -0.4 is 11.1 Å². The molecule has 1 rings (SSSR count). The summed E-state index contributed by atoms with van der Waals surface area (Å²) in [6.07, 6.45) is 3.78. The first-order valence-corrected chi connectivity index (χ1v) is 6.72. The zero-order valence-electron chi connectivity index (χ0n) is 11.6. The van der Waals surface area contributed by atoms with Gasteiger partial charge >= 0.3 is 0 Å². The number of hydrogen-bond donors (Lipinski definition) is 3. The number of nitrogens with one attached hydrogen (secondary N) is 1. The molecule has 104 valence electrons. The van der Waals surface area contributed by atoms with Crippen LogP contribution in [0.15, 0.2) is 5.16 Å². The second-order valence-electron chi connectivity index (χ2n) is 5.60. The van der Waals surface area contributed by atoms with E-state index in [0.717, 1.165) is 6.42 Å². The number of nitrogens with two attached hydrogens (primary N) is 1. The van der Waals surface area contributed by atoms with Gasteiger partial charge in [-0.25, -0.2) is 0 Å². The molecule has 0 spiro atoms. The third-order valence-electron chi connectivity index (χ3n) is 4.10. The fourth-order valence-electron chi connectivity index (χ4n) is 2.28. The number of carbonyl (C=O) groups excluding carboxylic acids is 1. The third-order valence-corrected chi connectivity index (χ3v) is 4.10. The lowest BCUT2D eigenvalue weighted by Crippen LogP contribution is -2.41. The SMILES string of the molecule is CCCC(C(=O)NCC1(C(C)C)CC1)C(N)=NO. The van der Waals surface area contributed by atoms with Gasteiger partial charge in [0, 0.05) is 6.54 Å². The highest BCUT2D eigenvalue weighted by molar-refractivity contribution is 6.02. The predicted molar refractivity (Wildman–Crippen MR) is 71.3 cm³/mol. The molecule has 1 atom stereocenters. The van der Waals surface area contributed by atoms with E-state index in [1.54, 1.807) is 0 Å². The van der Waals surface area contributed by atoms with Crippen LogP contribution >= 0.6 is 0 Å². The van der Waals surface area contributed by atoms with Crippen molar-refractivity contribution in [1.82, 2.24) is 5.32 Å². The van der Waals surface area contributed by atoms with E-state index in [1.807, 2.05) is 6.92 Å². The summed E-state index contributed by atoms with van der Waals surface area (Å²) < 4.78 is 0. The van der Waals surface area contributed by atoms with E-state index in [2.05, 4.69) is 24.3 Å². The minimum atomic E-state index is -0.511. The Kier molecular flexibility index (Phi) is 4.99. The molecule has 0 aromatic carbocycles. The molecule has 4 N–H and O–H groups in total. The molecule has 0 radical (unpaired) electrons. The second-order valence-corrected chi connectivity index (χ2v) is 5.60. The van der Waals surface area contributed by atoms with Gasteiger partial charge in [0.2, 0.25) is 5.91 Å². The van der Waals surface area contributed by atoms with E-state index < -0.39 is 5.92 Å². The smallest absolute Gasteiger partial charge is 0.230 e. The Bertz CT molecular complexity index is 322. The summed E-state index contributed by atoms with van der Waals surface area (Å²) in [5, 5.41) is 14.6. The summed E-state index contributed by atoms with van der Waals surface area (Å²) in [5.41, 5.74) is 5.83. The van der Waals surface area contributed by atoms with Crippen molar-refractivity contribution in [2.45, 2.75) is 46.5 Å². The molecule has 0 bridgehead atoms. The number of rotatable bonds is 7. The van der Waals surface area contributed by atoms with Crippen LogP contribution in [-0.4, -0.2) is 23.5 Å². The van der Waals surface area contributed by atoms with Gasteiger partial charge in [0.15, 0.2) is 5.84 Å². The van der Waals surface area contributed by atoms with Crippen molar-refractivity contribution in [1.29, 1.82) is 0 Å². The summed E-state index contributed by atoms with van der Waals surface area (Å²) >= 11 is 0. The maximum absolute atomic E-state index is 12.0. The minimum Gasteiger partial charge on any atom is -0.409 e. The molecule has 0 aromatic rings. The fraction of sp³-hybridized carbons (Fsp3) is 0.846. The molecule has 1 amide bonds. The van der Waals surface area contributed by atoms with E-state index >= 15 is 0 Å². The van der Waals surface area contributed by atoms with Crippen LogP contribution in [-0.2, 0) is 4.79 Å². The zero-order valence-corrected chi connectivity index (χ0v) is 11.6. The van der Waals surface area contributed by atoms with Crippen molar-refractivity contribution >= 4 is 11.7 Å². The molecule has 1 aliphatic rings. The molecule has 1 fully saturated rings. The molecule has 0 aromatic heterocycles. The first-order valence-electron chi connectivity index (χ1n) is 6.72. The van der Waals surface area contributed by atoms with Gasteiger partial charge in [0.25, 0.3) is 0 Å². The maximum Gasteiger partial charge on any atom is 0.230 e. The van der Waals surface area contributed by atoms with Crippen molar-refractivity contribution in [3.05, 3.63) is 0 Å². The lowest BCUT2D eigenvalue weighted by Gasteiger charge is -2.22. The van der Waals surface area contributed by atoms with Gasteiger partial charge in [-0.1, -0.05) is 32.3 Å². The molecule has 0 saturated heterocycles. The second kappa shape index (κ2) is 6.07. The van der Waals surface area contributed by atoms with Gasteiger partial charge in [-0.2, -0.15) is 0 Å². The Labute approximate surface area is 109 Å². The number of oxime groups is 1. The van der Waals surface area contributed by atoms with Crippen molar-refractivity contribution < 1.29 is 10.0 Å². The average Bonchev–Trinajstić information content (AvgIpc) is 3.13. The van der Waals surface area contributed by atoms with Crippen LogP contribution in [0.4, 0.5) is 0 Å². The van der Waals surface area contributed by atoms with Crippen LogP contribution in [0, 0.1) is 17.3 Å². The molecule has 5 heteroatoms. The van der Waals surface area contributed by atoms with Crippen LogP contribution in [0.1, 0.15) is 46.5 Å². The standard InChI is InChI=1S/C13H25N3O2/c1-4-5-10(11(14)16-18)12(17)15-8-13(6-7-13)9(2)3/h9-10,18H,4-8H2,1-3H3,(H2,14,16)(H,15,17). The quantitative estimate of drug-likeness (QED) is 0.280. The number of amides is 1. The van der Waals surface area contributed by atoms with E-state index in [9.17, 15) is 4.79 Å². The van der Waals surface area contributed by atoms with Crippen LogP contribution in [0.5, 0.6) is 0 Å². The number of nitrogens with zero attached hydrogens (tertiary/aromatic N) is 1. The molecule has 1 unspecified atom stereocenters. The maximum atomic E-state index is 12.0. The largest absolute Gasteiger partial charge is 0.409 e. The normalized spacial score (nSPS) is 19.7. The first-order chi connectivity index (χ1) is 8.46. The minimum absolute atomic E-state index is 0.00347. The van der Waals surface area contributed by atoms with Crippen molar-refractivity contribution in [3.63, 3.8) is 0 Å². The van der Waals surface area contributed by atoms with E-state index in [-0.39, 0.29) is 17.2 Å². The van der Waals surface area contributed by atoms with Gasteiger partial charge in [-0.05, 0) is 30.6 Å². The molecule has 0 heterocycles. The summed E-state index contributed by atoms with van der Waals surface area (Å²) in [4.78, 5) is 12.0. The summed E-state index contributed by atoms with van der Waals surface area (Å²) in [6, 6.07) is 0. The fourth-order valence-corrected chi connectivity index (χ4v) is 2.28. The predicted octanol–water partition coefficient (Wildman–Crippen LogP) is 1.70. The van der Waals surface area contributed by atoms with Crippen molar-refractivity contribution in [2.75, 3.05) is 6.54 Å². The van der Waals surface area contributed by atoms with Crippen LogP contribution in [0.25, 0.3) is 0 Å². The third kappa shape index (κ3) is 3.37. The molecule has 0 aliphatic heterocycles.